The van der Waals surface area contributed by atoms with Gasteiger partial charge in [-0.2, -0.15) is 8.75 Å². The minimum absolute atomic E-state index is 0.716. The first-order valence-electron chi connectivity index (χ1n) is 17.0. The van der Waals surface area contributed by atoms with Gasteiger partial charge in [0.2, 0.25) is 0 Å². The molecule has 2 rings (SSSR count). The summed E-state index contributed by atoms with van der Waals surface area (Å²) in [5, 5.41) is 0. The van der Waals surface area contributed by atoms with Crippen LogP contribution < -0.4 is 9.47 Å². The fourth-order valence-electron chi connectivity index (χ4n) is 5.33. The molecular weight excluding hydrogens is 580 g/mol. The normalized spacial score (nSPS) is 11.5. The maximum Gasteiger partial charge on any atom is 0.177 e. The highest BCUT2D eigenvalue weighted by atomic mass is 79.9. The average Bonchev–Trinajstić information content (AvgIpc) is 3.44. The molecule has 1 aromatic carbocycles. The second-order valence-corrected chi connectivity index (χ2v) is 12.9. The van der Waals surface area contributed by atoms with Crippen LogP contribution in [0.25, 0.3) is 11.0 Å². The van der Waals surface area contributed by atoms with Gasteiger partial charge >= 0.3 is 0 Å². The Morgan fingerprint density at radius 3 is 1.40 bits per heavy atom. The lowest BCUT2D eigenvalue weighted by molar-refractivity contribution is 0.257. The van der Waals surface area contributed by atoms with E-state index in [9.17, 15) is 0 Å². The molecule has 0 radical (unpaired) electrons. The second kappa shape index (κ2) is 24.7. The lowest BCUT2D eigenvalue weighted by Gasteiger charge is -2.15. The van der Waals surface area contributed by atoms with Gasteiger partial charge in [0.1, 0.15) is 11.0 Å². The largest absolute Gasteiger partial charge is 0.490 e. The summed E-state index contributed by atoms with van der Waals surface area (Å²) in [6, 6.07) is 2.00. The minimum Gasteiger partial charge on any atom is -0.490 e. The zero-order valence-corrected chi connectivity index (χ0v) is 28.4. The Balaban J connectivity index is 1.58. The van der Waals surface area contributed by atoms with Crippen molar-refractivity contribution in [3.8, 4) is 11.5 Å². The molecule has 0 aliphatic heterocycles. The van der Waals surface area contributed by atoms with E-state index in [2.05, 4.69) is 38.5 Å². The molecule has 0 unspecified atom stereocenters. The SMILES string of the molecule is CCCCCCCCCCCCCCOc1cc2nsnc2c(Br)c1OCCCCCCCCCCCCCC. The number of unbranched alkanes of at least 4 members (excludes halogenated alkanes) is 22. The van der Waals surface area contributed by atoms with Crippen molar-refractivity contribution in [3.05, 3.63) is 10.5 Å². The molecule has 6 heteroatoms. The van der Waals surface area contributed by atoms with E-state index in [4.69, 9.17) is 9.47 Å². The molecular formula is C34H59BrN2O2S. The van der Waals surface area contributed by atoms with Gasteiger partial charge in [0, 0.05) is 6.07 Å². The summed E-state index contributed by atoms with van der Waals surface area (Å²) in [6.45, 7) is 6.01. The van der Waals surface area contributed by atoms with Crippen LogP contribution in [0.1, 0.15) is 168 Å². The molecule has 0 N–H and O–H groups in total. The van der Waals surface area contributed by atoms with Crippen molar-refractivity contribution >= 4 is 38.7 Å². The zero-order valence-electron chi connectivity index (χ0n) is 26.0. The molecule has 0 amide bonds. The lowest BCUT2D eigenvalue weighted by atomic mass is 10.1. The molecule has 1 aromatic heterocycles. The highest BCUT2D eigenvalue weighted by molar-refractivity contribution is 9.10. The molecule has 40 heavy (non-hydrogen) atoms. The molecule has 2 aromatic rings. The number of hydrogen-bond donors (Lipinski definition) is 0. The average molecular weight is 640 g/mol. The summed E-state index contributed by atoms with van der Waals surface area (Å²) in [5.74, 6) is 1.59. The Bertz CT molecular complexity index is 860. The fourth-order valence-corrected chi connectivity index (χ4v) is 6.59. The van der Waals surface area contributed by atoms with Crippen molar-refractivity contribution in [3.63, 3.8) is 0 Å². The van der Waals surface area contributed by atoms with Crippen LogP contribution in [0.15, 0.2) is 10.5 Å². The summed E-state index contributed by atoms with van der Waals surface area (Å²) in [4.78, 5) is 0. The summed E-state index contributed by atoms with van der Waals surface area (Å²) < 4.78 is 22.3. The number of nitrogens with zero attached hydrogens (tertiary/aromatic N) is 2. The second-order valence-electron chi connectivity index (χ2n) is 11.6. The number of hydrogen-bond acceptors (Lipinski definition) is 5. The summed E-state index contributed by atoms with van der Waals surface area (Å²) in [7, 11) is 0. The van der Waals surface area contributed by atoms with Gasteiger partial charge in [-0.3, -0.25) is 0 Å². The molecule has 0 atom stereocenters. The Labute approximate surface area is 259 Å². The van der Waals surface area contributed by atoms with E-state index in [-0.39, 0.29) is 0 Å². The fraction of sp³-hybridized carbons (Fsp3) is 0.824. The first-order valence-corrected chi connectivity index (χ1v) is 18.5. The molecule has 0 fully saturated rings. The van der Waals surface area contributed by atoms with Gasteiger partial charge < -0.3 is 9.47 Å². The summed E-state index contributed by atoms with van der Waals surface area (Å²) >= 11 is 4.97. The van der Waals surface area contributed by atoms with Crippen molar-refractivity contribution in [2.45, 2.75) is 168 Å². The Morgan fingerprint density at radius 2 is 0.950 bits per heavy atom. The third-order valence-corrected chi connectivity index (χ3v) is 9.19. The first kappa shape index (κ1) is 35.3. The number of ether oxygens (including phenoxy) is 2. The number of fused-ring (bicyclic) bond motifs is 1. The summed E-state index contributed by atoms with van der Waals surface area (Å²) in [6.07, 6.45) is 32.3. The van der Waals surface area contributed by atoms with E-state index >= 15 is 0 Å². The van der Waals surface area contributed by atoms with Gasteiger partial charge in [0.25, 0.3) is 0 Å². The smallest absolute Gasteiger partial charge is 0.177 e. The van der Waals surface area contributed by atoms with Crippen LogP contribution in [0.2, 0.25) is 0 Å². The van der Waals surface area contributed by atoms with Gasteiger partial charge in [-0.05, 0) is 28.8 Å². The van der Waals surface area contributed by atoms with Gasteiger partial charge in [0.15, 0.2) is 11.5 Å². The van der Waals surface area contributed by atoms with Crippen molar-refractivity contribution in [1.29, 1.82) is 0 Å². The van der Waals surface area contributed by atoms with E-state index in [1.165, 1.54) is 153 Å². The first-order chi connectivity index (χ1) is 19.8. The van der Waals surface area contributed by atoms with E-state index in [1.807, 2.05) is 6.07 Å². The molecule has 1 heterocycles. The van der Waals surface area contributed by atoms with Crippen LogP contribution in [-0.4, -0.2) is 22.0 Å². The van der Waals surface area contributed by atoms with E-state index in [0.717, 1.165) is 46.5 Å². The van der Waals surface area contributed by atoms with Crippen molar-refractivity contribution < 1.29 is 9.47 Å². The standard InChI is InChI=1S/C34H59BrN2O2S/c1-3-5-7-9-11-13-15-17-19-21-23-25-27-38-31-29-30-33(37-40-36-30)32(35)34(31)39-28-26-24-22-20-18-16-14-12-10-8-6-4-2/h29H,3-28H2,1-2H3. The molecule has 0 aliphatic carbocycles. The highest BCUT2D eigenvalue weighted by Gasteiger charge is 2.17. The molecule has 0 saturated carbocycles. The molecule has 0 aliphatic rings. The third kappa shape index (κ3) is 15.9. The Hall–Kier alpha value is -0.880. The quantitative estimate of drug-likeness (QED) is 0.0869. The van der Waals surface area contributed by atoms with Gasteiger partial charge in [-0.1, -0.05) is 155 Å². The number of halogens is 1. The molecule has 0 spiro atoms. The maximum absolute atomic E-state index is 6.27. The van der Waals surface area contributed by atoms with Gasteiger partial charge in [-0.15, -0.1) is 0 Å². The van der Waals surface area contributed by atoms with Crippen LogP contribution in [0.3, 0.4) is 0 Å². The third-order valence-electron chi connectivity index (χ3n) is 7.91. The Morgan fingerprint density at radius 1 is 0.550 bits per heavy atom. The van der Waals surface area contributed by atoms with Crippen LogP contribution in [0.4, 0.5) is 0 Å². The number of benzene rings is 1. The topological polar surface area (TPSA) is 44.2 Å². The van der Waals surface area contributed by atoms with Crippen LogP contribution >= 0.6 is 27.7 Å². The van der Waals surface area contributed by atoms with Gasteiger partial charge in [-0.25, -0.2) is 0 Å². The van der Waals surface area contributed by atoms with Crippen molar-refractivity contribution in [1.82, 2.24) is 8.75 Å². The molecule has 0 saturated heterocycles. The Kier molecular flexibility index (Phi) is 21.8. The number of aromatic nitrogens is 2. The predicted octanol–water partition coefficient (Wildman–Crippen LogP) is 12.6. The molecule has 230 valence electrons. The van der Waals surface area contributed by atoms with Crippen molar-refractivity contribution in [2.24, 2.45) is 0 Å². The van der Waals surface area contributed by atoms with E-state index in [0.29, 0.717) is 6.61 Å². The van der Waals surface area contributed by atoms with Gasteiger partial charge in [0.05, 0.1) is 29.4 Å². The van der Waals surface area contributed by atoms with Crippen LogP contribution in [0, 0.1) is 0 Å². The monoisotopic (exact) mass is 638 g/mol. The predicted molar refractivity (Wildman–Crippen MR) is 178 cm³/mol. The molecule has 4 nitrogen and oxygen atoms in total. The summed E-state index contributed by atoms with van der Waals surface area (Å²) in [5.41, 5.74) is 1.74. The van der Waals surface area contributed by atoms with Crippen LogP contribution in [0.5, 0.6) is 11.5 Å². The van der Waals surface area contributed by atoms with Crippen molar-refractivity contribution in [2.75, 3.05) is 13.2 Å². The minimum atomic E-state index is 0.716. The maximum atomic E-state index is 6.27. The number of rotatable bonds is 28. The highest BCUT2D eigenvalue weighted by Crippen LogP contribution is 2.41. The van der Waals surface area contributed by atoms with Crippen LogP contribution in [-0.2, 0) is 0 Å². The van der Waals surface area contributed by atoms with E-state index in [1.54, 1.807) is 0 Å². The zero-order chi connectivity index (χ0) is 28.5. The molecule has 0 bridgehead atoms. The lowest BCUT2D eigenvalue weighted by Crippen LogP contribution is -2.04. The van der Waals surface area contributed by atoms with E-state index < -0.39 is 0 Å².